The Balaban J connectivity index is 0.00000312. The highest BCUT2D eigenvalue weighted by Gasteiger charge is 2.24. The summed E-state index contributed by atoms with van der Waals surface area (Å²) in [4.78, 5) is 8.11. The molecular weight excluding hydrogens is 449 g/mol. The van der Waals surface area contributed by atoms with Crippen LogP contribution >= 0.6 is 35.7 Å². The van der Waals surface area contributed by atoms with Gasteiger partial charge in [0.1, 0.15) is 0 Å². The van der Waals surface area contributed by atoms with Crippen LogP contribution in [0.1, 0.15) is 6.42 Å². The van der Waals surface area contributed by atoms with Crippen molar-refractivity contribution in [2.45, 2.75) is 11.3 Å². The average Bonchev–Trinajstić information content (AvgIpc) is 3.09. The molecule has 0 aliphatic carbocycles. The van der Waals surface area contributed by atoms with Crippen LogP contribution in [0, 0.1) is 5.92 Å². The highest BCUT2D eigenvalue weighted by molar-refractivity contribution is 14.0. The largest absolute Gasteiger partial charge is 0.382 e. The second kappa shape index (κ2) is 13.7. The molecule has 25 heavy (non-hydrogen) atoms. The molecule has 0 saturated carbocycles. The maximum absolute atomic E-state index is 5.48. The van der Waals surface area contributed by atoms with Crippen molar-refractivity contribution in [3.05, 3.63) is 30.3 Å². The van der Waals surface area contributed by atoms with Gasteiger partial charge in [0, 0.05) is 44.4 Å². The highest BCUT2D eigenvalue weighted by atomic mass is 127. The van der Waals surface area contributed by atoms with E-state index in [9.17, 15) is 0 Å². The monoisotopic (exact) mass is 479 g/mol. The summed E-state index contributed by atoms with van der Waals surface area (Å²) in [5.74, 6) is 2.86. The molecule has 1 N–H and O–H groups in total. The fraction of sp³-hybridized carbons (Fsp3) is 0.611. The fourth-order valence-electron chi connectivity index (χ4n) is 2.70. The zero-order valence-corrected chi connectivity index (χ0v) is 18.3. The first-order valence-electron chi connectivity index (χ1n) is 8.53. The Morgan fingerprint density at radius 3 is 2.80 bits per heavy atom. The second-order valence-electron chi connectivity index (χ2n) is 5.80. The number of likely N-dealkylation sites (tertiary alicyclic amines) is 1. The van der Waals surface area contributed by atoms with Gasteiger partial charge in [-0.2, -0.15) is 0 Å². The van der Waals surface area contributed by atoms with E-state index in [1.165, 1.54) is 11.3 Å². The fourth-order valence-corrected chi connectivity index (χ4v) is 3.75. The molecule has 0 amide bonds. The molecule has 1 aliphatic heterocycles. The van der Waals surface area contributed by atoms with Gasteiger partial charge in [0.2, 0.25) is 0 Å². The molecule has 1 atom stereocenters. The number of ether oxygens (including phenoxy) is 2. The number of hydrogen-bond donors (Lipinski definition) is 1. The molecule has 142 valence electrons. The second-order valence-corrected chi connectivity index (χ2v) is 6.90. The Kier molecular flexibility index (Phi) is 12.3. The van der Waals surface area contributed by atoms with Crippen LogP contribution in [0.15, 0.2) is 40.2 Å². The van der Waals surface area contributed by atoms with Gasteiger partial charge in [-0.25, -0.2) is 0 Å². The number of aliphatic imine (C=N–C) groups is 1. The minimum Gasteiger partial charge on any atom is -0.382 e. The molecule has 1 heterocycles. The molecule has 1 aromatic carbocycles. The van der Waals surface area contributed by atoms with Crippen molar-refractivity contribution in [1.82, 2.24) is 10.2 Å². The first-order valence-corrected chi connectivity index (χ1v) is 9.52. The van der Waals surface area contributed by atoms with Gasteiger partial charge in [-0.05, 0) is 24.5 Å². The van der Waals surface area contributed by atoms with Gasteiger partial charge in [-0.3, -0.25) is 4.99 Å². The van der Waals surface area contributed by atoms with Crippen LogP contribution in [-0.2, 0) is 9.47 Å². The Bertz CT molecular complexity index is 490. The molecule has 2 rings (SSSR count). The van der Waals surface area contributed by atoms with Crippen molar-refractivity contribution in [1.29, 1.82) is 0 Å². The summed E-state index contributed by atoms with van der Waals surface area (Å²) in [5.41, 5.74) is 0. The molecule has 7 heteroatoms. The van der Waals surface area contributed by atoms with E-state index in [0.29, 0.717) is 25.7 Å². The normalized spacial score (nSPS) is 17.4. The maximum atomic E-state index is 5.48. The number of thioether (sulfide) groups is 1. The number of benzene rings is 1. The number of nitrogens with zero attached hydrogens (tertiary/aromatic N) is 2. The number of halogens is 1. The average molecular weight is 479 g/mol. The summed E-state index contributed by atoms with van der Waals surface area (Å²) in [6.07, 6.45) is 1.23. The number of methoxy groups -OCH3 is 1. The third kappa shape index (κ3) is 8.61. The van der Waals surface area contributed by atoms with Crippen LogP contribution in [0.4, 0.5) is 0 Å². The van der Waals surface area contributed by atoms with E-state index in [1.54, 1.807) is 7.11 Å². The Morgan fingerprint density at radius 1 is 1.28 bits per heavy atom. The summed E-state index contributed by atoms with van der Waals surface area (Å²) < 4.78 is 10.4. The lowest BCUT2D eigenvalue weighted by molar-refractivity contribution is 0.0731. The lowest BCUT2D eigenvalue weighted by Gasteiger charge is -2.21. The zero-order valence-electron chi connectivity index (χ0n) is 15.1. The molecule has 1 unspecified atom stereocenters. The Hall–Kier alpha value is -0.510. The van der Waals surface area contributed by atoms with Gasteiger partial charge in [-0.1, -0.05) is 18.2 Å². The van der Waals surface area contributed by atoms with Crippen LogP contribution in [0.5, 0.6) is 0 Å². The first-order chi connectivity index (χ1) is 11.8. The third-order valence-corrected chi connectivity index (χ3v) is 5.23. The molecule has 0 aromatic heterocycles. The van der Waals surface area contributed by atoms with Crippen molar-refractivity contribution in [3.8, 4) is 0 Å². The van der Waals surface area contributed by atoms with Crippen LogP contribution in [-0.4, -0.2) is 70.2 Å². The summed E-state index contributed by atoms with van der Waals surface area (Å²) >= 11 is 1.95. The number of guanidine groups is 1. The van der Waals surface area contributed by atoms with Crippen LogP contribution in [0.2, 0.25) is 0 Å². The van der Waals surface area contributed by atoms with E-state index < -0.39 is 0 Å². The predicted molar refractivity (Wildman–Crippen MR) is 116 cm³/mol. The van der Waals surface area contributed by atoms with Crippen LogP contribution < -0.4 is 5.32 Å². The number of nitrogens with one attached hydrogen (secondary N) is 1. The van der Waals surface area contributed by atoms with Crippen LogP contribution in [0.3, 0.4) is 0 Å². The molecular formula is C18H30IN3O2S. The summed E-state index contributed by atoms with van der Waals surface area (Å²) in [6.45, 7) is 4.87. The molecule has 1 aromatic rings. The van der Waals surface area contributed by atoms with E-state index in [2.05, 4.69) is 45.5 Å². The zero-order chi connectivity index (χ0) is 17.0. The van der Waals surface area contributed by atoms with E-state index >= 15 is 0 Å². The van der Waals surface area contributed by atoms with E-state index in [1.807, 2.05) is 18.8 Å². The smallest absolute Gasteiger partial charge is 0.193 e. The molecule has 0 spiro atoms. The number of hydrogen-bond acceptors (Lipinski definition) is 4. The van der Waals surface area contributed by atoms with E-state index in [4.69, 9.17) is 9.47 Å². The van der Waals surface area contributed by atoms with Crippen molar-refractivity contribution in [3.63, 3.8) is 0 Å². The van der Waals surface area contributed by atoms with Crippen molar-refractivity contribution >= 4 is 41.7 Å². The lowest BCUT2D eigenvalue weighted by atomic mass is 10.2. The van der Waals surface area contributed by atoms with Crippen molar-refractivity contribution < 1.29 is 9.47 Å². The quantitative estimate of drug-likeness (QED) is 0.194. The van der Waals surface area contributed by atoms with Gasteiger partial charge in [0.05, 0.1) is 19.8 Å². The summed E-state index contributed by atoms with van der Waals surface area (Å²) in [6, 6.07) is 10.6. The topological polar surface area (TPSA) is 46.1 Å². The van der Waals surface area contributed by atoms with Gasteiger partial charge < -0.3 is 19.7 Å². The third-order valence-electron chi connectivity index (χ3n) is 3.99. The van der Waals surface area contributed by atoms with Gasteiger partial charge in [0.25, 0.3) is 0 Å². The van der Waals surface area contributed by atoms with Gasteiger partial charge >= 0.3 is 0 Å². The van der Waals surface area contributed by atoms with E-state index in [-0.39, 0.29) is 24.0 Å². The molecule has 1 aliphatic rings. The first kappa shape index (κ1) is 22.5. The lowest BCUT2D eigenvalue weighted by Crippen LogP contribution is -2.41. The maximum Gasteiger partial charge on any atom is 0.193 e. The molecule has 0 bridgehead atoms. The van der Waals surface area contributed by atoms with Crippen molar-refractivity contribution in [2.75, 3.05) is 59.4 Å². The standard InChI is InChI=1S/C18H29N3O2S.HI/c1-19-18(20-9-11-23-13-12-22-2)21-10-8-16(14-21)15-24-17-6-4-3-5-7-17;/h3-7,16H,8-15H2,1-2H3,(H,19,20);1H. The van der Waals surface area contributed by atoms with Gasteiger partial charge in [-0.15, -0.1) is 35.7 Å². The van der Waals surface area contributed by atoms with E-state index in [0.717, 1.165) is 31.3 Å². The molecule has 5 nitrogen and oxygen atoms in total. The molecule has 1 saturated heterocycles. The van der Waals surface area contributed by atoms with Crippen LogP contribution in [0.25, 0.3) is 0 Å². The number of rotatable bonds is 9. The molecule has 0 radical (unpaired) electrons. The Morgan fingerprint density at radius 2 is 2.08 bits per heavy atom. The van der Waals surface area contributed by atoms with Gasteiger partial charge in [0.15, 0.2) is 5.96 Å². The summed E-state index contributed by atoms with van der Waals surface area (Å²) in [5, 5.41) is 3.39. The minimum absolute atomic E-state index is 0. The minimum atomic E-state index is 0. The SMILES string of the molecule is CN=C(NCCOCCOC)N1CCC(CSc2ccccc2)C1.I. The highest BCUT2D eigenvalue weighted by Crippen LogP contribution is 2.25. The van der Waals surface area contributed by atoms with Crippen molar-refractivity contribution in [2.24, 2.45) is 10.9 Å². The summed E-state index contributed by atoms with van der Waals surface area (Å²) in [7, 11) is 3.53. The Labute approximate surface area is 173 Å². The molecule has 1 fully saturated rings. The predicted octanol–water partition coefficient (Wildman–Crippen LogP) is 2.96.